The Balaban J connectivity index is 1.08. The summed E-state index contributed by atoms with van der Waals surface area (Å²) in [7, 11) is 0. The lowest BCUT2D eigenvalue weighted by molar-refractivity contribution is -0.143. The van der Waals surface area contributed by atoms with E-state index in [2.05, 4.69) is 46.9 Å². The third-order valence-electron chi connectivity index (χ3n) is 15.2. The number of para-hydroxylation sites is 3. The van der Waals surface area contributed by atoms with Gasteiger partial charge >= 0.3 is 0 Å². The second-order valence-electron chi connectivity index (χ2n) is 21.4. The minimum Gasteiger partial charge on any atom is -0.361 e. The number of benzene rings is 3. The number of aromatic amines is 3. The van der Waals surface area contributed by atoms with Crippen molar-refractivity contribution in [3.63, 3.8) is 0 Å². The van der Waals surface area contributed by atoms with Crippen LogP contribution in [0.5, 0.6) is 0 Å². The van der Waals surface area contributed by atoms with Crippen molar-refractivity contribution in [2.75, 3.05) is 13.1 Å². The van der Waals surface area contributed by atoms with Crippen molar-refractivity contribution in [1.82, 2.24) is 56.7 Å². The minimum absolute atomic E-state index is 0.00599. The van der Waals surface area contributed by atoms with E-state index in [1.54, 1.807) is 32.4 Å². The summed E-state index contributed by atoms with van der Waals surface area (Å²) in [5, 5.41) is 20.0. The maximum atomic E-state index is 14.9. The van der Waals surface area contributed by atoms with Crippen molar-refractivity contribution in [1.29, 1.82) is 0 Å². The van der Waals surface area contributed by atoms with E-state index in [4.69, 9.17) is 0 Å². The van der Waals surface area contributed by atoms with E-state index >= 15 is 0 Å². The van der Waals surface area contributed by atoms with Crippen LogP contribution in [0.2, 0.25) is 0 Å². The van der Waals surface area contributed by atoms with E-state index < -0.39 is 102 Å². The Kier molecular flexibility index (Phi) is 15.9. The first-order valence-electron chi connectivity index (χ1n) is 26.6. The Morgan fingerprint density at radius 2 is 0.842 bits per heavy atom. The summed E-state index contributed by atoms with van der Waals surface area (Å²) in [5.74, 6) is -5.40. The molecule has 400 valence electrons. The van der Waals surface area contributed by atoms with Crippen molar-refractivity contribution in [2.24, 2.45) is 11.8 Å². The average molecular weight is 1040 g/mol. The molecule has 0 aliphatic carbocycles. The lowest BCUT2D eigenvalue weighted by Crippen LogP contribution is -2.62. The van der Waals surface area contributed by atoms with Gasteiger partial charge < -0.3 is 56.7 Å². The van der Waals surface area contributed by atoms with Crippen molar-refractivity contribution in [2.45, 2.75) is 134 Å². The van der Waals surface area contributed by atoms with E-state index in [0.29, 0.717) is 19.3 Å². The van der Waals surface area contributed by atoms with Gasteiger partial charge in [0.2, 0.25) is 47.3 Å². The Hall–Kier alpha value is -7.96. The van der Waals surface area contributed by atoms with Gasteiger partial charge in [0.25, 0.3) is 0 Å². The minimum atomic E-state index is -1.26. The fourth-order valence-corrected chi connectivity index (χ4v) is 11.2. The van der Waals surface area contributed by atoms with Gasteiger partial charge in [-0.15, -0.1) is 0 Å². The van der Waals surface area contributed by atoms with Gasteiger partial charge in [0.1, 0.15) is 48.3 Å². The summed E-state index contributed by atoms with van der Waals surface area (Å²) in [6.07, 6.45) is 7.08. The topological polar surface area (TPSA) is 263 Å². The monoisotopic (exact) mass is 1040 g/mol. The number of amides is 8. The molecule has 3 saturated heterocycles. The van der Waals surface area contributed by atoms with Crippen molar-refractivity contribution in [3.8, 4) is 0 Å². The zero-order valence-electron chi connectivity index (χ0n) is 43.7. The molecule has 3 aromatic carbocycles. The van der Waals surface area contributed by atoms with Gasteiger partial charge in [-0.25, -0.2) is 0 Å². The van der Waals surface area contributed by atoms with Gasteiger partial charge in [-0.05, 0) is 85.8 Å². The number of aromatic nitrogens is 3. The third kappa shape index (κ3) is 11.5. The molecule has 0 spiro atoms. The van der Waals surface area contributed by atoms with E-state index in [1.807, 2.05) is 86.6 Å². The molecular weight excluding hydrogens is 967 g/mol. The number of nitrogens with zero attached hydrogens (tertiary/aromatic N) is 2. The standard InChI is InChI=1S/C57H69N11O8/c1-31(2)24-46-57(76)68-23-13-21-48(68)54(73)62-43(25-34-28-58-40-17-9-6-14-37(34)40)50(69)61-33(5)56(75)67-22-12-20-47(67)53(72)63-45(27-36-30-60-42-19-11-8-16-39(36)42)52(71)66-49(32(3)4)55(74)64-44(51(70)65-46)26-35-29-59-41-18-10-7-15-38(35)41/h6-11,14-19,28-33,43-49,58-60H,12-13,20-27H2,1-5H3,(H,61,69)(H,62,73)(H,63,72)(H,64,74)(H,65,70)(H,66,71). The maximum Gasteiger partial charge on any atom is 0.245 e. The number of fused-ring (bicyclic) bond motifs is 5. The molecule has 76 heavy (non-hydrogen) atoms. The van der Waals surface area contributed by atoms with Crippen LogP contribution in [0.4, 0.5) is 0 Å². The fraction of sp³-hybridized carbons (Fsp3) is 0.439. The number of hydrogen-bond donors (Lipinski definition) is 9. The summed E-state index contributed by atoms with van der Waals surface area (Å²) >= 11 is 0. The average Bonchev–Trinajstić information content (AvgIpc) is 4.28. The molecule has 8 atom stereocenters. The molecule has 19 heteroatoms. The fourth-order valence-electron chi connectivity index (χ4n) is 11.2. The predicted molar refractivity (Wildman–Crippen MR) is 287 cm³/mol. The van der Waals surface area contributed by atoms with Crippen molar-refractivity contribution >= 4 is 80.0 Å². The van der Waals surface area contributed by atoms with Gasteiger partial charge in [0, 0.05) is 83.7 Å². The first-order chi connectivity index (χ1) is 36.5. The Morgan fingerprint density at radius 3 is 1.28 bits per heavy atom. The molecule has 9 rings (SSSR count). The van der Waals surface area contributed by atoms with Crippen LogP contribution in [-0.2, 0) is 57.6 Å². The smallest absolute Gasteiger partial charge is 0.245 e. The SMILES string of the molecule is CC(C)CC1NC(=O)C(Cc2c[nH]c3ccccc23)NC(=O)C(C(C)C)NC(=O)C(Cc2c[nH]c3ccccc23)NC(=O)C2CCCN2C(=O)C(C)NC(=O)C(Cc2c[nH]c3ccccc23)NC(=O)C2CCCN2C1=O. The highest BCUT2D eigenvalue weighted by Crippen LogP contribution is 2.26. The first kappa shape index (κ1) is 52.9. The number of carbonyl (C=O) groups excluding carboxylic acids is 8. The Morgan fingerprint density at radius 1 is 0.461 bits per heavy atom. The summed E-state index contributed by atoms with van der Waals surface area (Å²) in [5.41, 5.74) is 4.64. The number of rotatable bonds is 9. The molecule has 8 unspecified atom stereocenters. The molecule has 3 aliphatic rings. The van der Waals surface area contributed by atoms with Crippen LogP contribution >= 0.6 is 0 Å². The molecular formula is C57H69N11O8. The second kappa shape index (κ2) is 22.9. The molecule has 0 saturated carbocycles. The molecule has 3 aliphatic heterocycles. The van der Waals surface area contributed by atoms with Gasteiger partial charge in [-0.1, -0.05) is 82.3 Å². The van der Waals surface area contributed by atoms with Crippen molar-refractivity contribution < 1.29 is 38.4 Å². The molecule has 3 aromatic heterocycles. The lowest BCUT2D eigenvalue weighted by atomic mass is 9.98. The molecule has 6 heterocycles. The van der Waals surface area contributed by atoms with Crippen LogP contribution in [0.15, 0.2) is 91.4 Å². The van der Waals surface area contributed by atoms with Gasteiger partial charge in [-0.2, -0.15) is 0 Å². The summed E-state index contributed by atoms with van der Waals surface area (Å²) in [6, 6.07) is 13.5. The first-order valence-corrected chi connectivity index (χ1v) is 26.6. The predicted octanol–water partition coefficient (Wildman–Crippen LogP) is 3.78. The summed E-state index contributed by atoms with van der Waals surface area (Å²) < 4.78 is 0. The lowest BCUT2D eigenvalue weighted by Gasteiger charge is -2.32. The summed E-state index contributed by atoms with van der Waals surface area (Å²) in [6.45, 7) is 9.29. The highest BCUT2D eigenvalue weighted by Gasteiger charge is 2.43. The van der Waals surface area contributed by atoms with Crippen LogP contribution in [0.1, 0.15) is 83.4 Å². The Bertz CT molecular complexity index is 3160. The third-order valence-corrected chi connectivity index (χ3v) is 15.2. The zero-order valence-corrected chi connectivity index (χ0v) is 43.7. The number of carbonyl (C=O) groups is 8. The van der Waals surface area contributed by atoms with E-state index in [0.717, 1.165) is 49.4 Å². The molecule has 8 amide bonds. The van der Waals surface area contributed by atoms with Gasteiger partial charge in [-0.3, -0.25) is 38.4 Å². The number of H-pyrrole nitrogens is 3. The highest BCUT2D eigenvalue weighted by atomic mass is 16.2. The highest BCUT2D eigenvalue weighted by molar-refractivity contribution is 6.00. The maximum absolute atomic E-state index is 14.9. The quantitative estimate of drug-likeness (QED) is 0.103. The van der Waals surface area contributed by atoms with Crippen LogP contribution in [0, 0.1) is 11.8 Å². The van der Waals surface area contributed by atoms with Gasteiger partial charge in [0.05, 0.1) is 0 Å². The summed E-state index contributed by atoms with van der Waals surface area (Å²) in [4.78, 5) is 130. The molecule has 19 nitrogen and oxygen atoms in total. The van der Waals surface area contributed by atoms with Crippen LogP contribution < -0.4 is 31.9 Å². The van der Waals surface area contributed by atoms with Crippen molar-refractivity contribution in [3.05, 3.63) is 108 Å². The molecule has 0 radical (unpaired) electrons. The van der Waals surface area contributed by atoms with E-state index in [9.17, 15) is 38.4 Å². The van der Waals surface area contributed by atoms with E-state index in [-0.39, 0.29) is 51.1 Å². The molecule has 0 bridgehead atoms. The number of nitrogens with one attached hydrogen (secondary N) is 9. The zero-order chi connectivity index (χ0) is 53.8. The van der Waals surface area contributed by atoms with Crippen LogP contribution in [0.25, 0.3) is 32.7 Å². The van der Waals surface area contributed by atoms with Gasteiger partial charge in [0.15, 0.2) is 0 Å². The molecule has 9 N–H and O–H groups in total. The number of hydrogen-bond acceptors (Lipinski definition) is 8. The molecule has 3 fully saturated rings. The second-order valence-corrected chi connectivity index (χ2v) is 21.4. The van der Waals surface area contributed by atoms with E-state index in [1.165, 1.54) is 16.7 Å². The normalized spacial score (nSPS) is 25.0. The molecule has 6 aromatic rings. The van der Waals surface area contributed by atoms with Crippen LogP contribution in [-0.4, -0.2) is 133 Å². The largest absolute Gasteiger partial charge is 0.361 e. The van der Waals surface area contributed by atoms with Crippen LogP contribution in [0.3, 0.4) is 0 Å². The Labute approximate surface area is 440 Å².